The number of H-pyrrole nitrogens is 1. The van der Waals surface area contributed by atoms with Crippen molar-refractivity contribution >= 4 is 0 Å². The molecular formula is C7H11N3. The molecule has 54 valence electrons. The van der Waals surface area contributed by atoms with Gasteiger partial charge in [0.2, 0.25) is 0 Å². The van der Waals surface area contributed by atoms with E-state index in [-0.39, 0.29) is 0 Å². The van der Waals surface area contributed by atoms with Crippen molar-refractivity contribution in [1.82, 2.24) is 15.5 Å². The van der Waals surface area contributed by atoms with Crippen LogP contribution in [0.2, 0.25) is 0 Å². The number of aromatic nitrogens is 2. The van der Waals surface area contributed by atoms with Gasteiger partial charge in [-0.15, -0.1) is 0 Å². The zero-order chi connectivity index (χ0) is 6.97. The van der Waals surface area contributed by atoms with Crippen LogP contribution in [-0.4, -0.2) is 23.3 Å². The second-order valence-corrected chi connectivity index (χ2v) is 2.83. The summed E-state index contributed by atoms with van der Waals surface area (Å²) in [5, 5.41) is 10.3. The maximum atomic E-state index is 4.17. The second-order valence-electron chi connectivity index (χ2n) is 2.83. The first-order chi connectivity index (χ1) is 4.86. The quantitative estimate of drug-likeness (QED) is 0.588. The van der Waals surface area contributed by atoms with Gasteiger partial charge in [-0.1, -0.05) is 0 Å². The lowest BCUT2D eigenvalue weighted by Crippen LogP contribution is -2.40. The Hall–Kier alpha value is -0.830. The fourth-order valence-corrected chi connectivity index (χ4v) is 1.15. The monoisotopic (exact) mass is 137 g/mol. The SMILES string of the molecule is Cc1cc(C2CNC2)n[nH]1. The van der Waals surface area contributed by atoms with Crippen LogP contribution in [0, 0.1) is 6.92 Å². The highest BCUT2D eigenvalue weighted by Crippen LogP contribution is 2.17. The van der Waals surface area contributed by atoms with E-state index < -0.39 is 0 Å². The van der Waals surface area contributed by atoms with Gasteiger partial charge in [0, 0.05) is 24.7 Å². The predicted molar refractivity (Wildman–Crippen MR) is 38.9 cm³/mol. The molecule has 0 bridgehead atoms. The Bertz CT molecular complexity index is 225. The van der Waals surface area contributed by atoms with E-state index in [0.717, 1.165) is 18.8 Å². The van der Waals surface area contributed by atoms with Gasteiger partial charge >= 0.3 is 0 Å². The highest BCUT2D eigenvalue weighted by molar-refractivity contribution is 5.15. The highest BCUT2D eigenvalue weighted by atomic mass is 15.1. The normalized spacial score (nSPS) is 18.9. The summed E-state index contributed by atoms with van der Waals surface area (Å²) in [6.07, 6.45) is 0. The molecule has 0 radical (unpaired) electrons. The molecule has 0 amide bonds. The summed E-state index contributed by atoms with van der Waals surface area (Å²) in [4.78, 5) is 0. The molecule has 0 unspecified atom stereocenters. The third-order valence-electron chi connectivity index (χ3n) is 1.93. The van der Waals surface area contributed by atoms with Crippen LogP contribution in [0.1, 0.15) is 17.3 Å². The summed E-state index contributed by atoms with van der Waals surface area (Å²) >= 11 is 0. The maximum absolute atomic E-state index is 4.17. The molecule has 0 atom stereocenters. The Labute approximate surface area is 59.8 Å². The fourth-order valence-electron chi connectivity index (χ4n) is 1.15. The van der Waals surface area contributed by atoms with E-state index in [1.54, 1.807) is 0 Å². The number of hydrogen-bond acceptors (Lipinski definition) is 2. The number of nitrogens with one attached hydrogen (secondary N) is 2. The van der Waals surface area contributed by atoms with Gasteiger partial charge in [0.15, 0.2) is 0 Å². The lowest BCUT2D eigenvalue weighted by atomic mass is 10.00. The van der Waals surface area contributed by atoms with Gasteiger partial charge in [0.1, 0.15) is 0 Å². The summed E-state index contributed by atoms with van der Waals surface area (Å²) in [5.74, 6) is 0.657. The van der Waals surface area contributed by atoms with Crippen molar-refractivity contribution in [2.45, 2.75) is 12.8 Å². The molecular weight excluding hydrogens is 126 g/mol. The topological polar surface area (TPSA) is 40.7 Å². The van der Waals surface area contributed by atoms with E-state index in [1.807, 2.05) is 6.92 Å². The lowest BCUT2D eigenvalue weighted by Gasteiger charge is -2.24. The van der Waals surface area contributed by atoms with E-state index in [2.05, 4.69) is 21.6 Å². The molecule has 1 aromatic rings. The van der Waals surface area contributed by atoms with Crippen molar-refractivity contribution in [1.29, 1.82) is 0 Å². The Kier molecular flexibility index (Phi) is 1.24. The summed E-state index contributed by atoms with van der Waals surface area (Å²) in [6, 6.07) is 2.12. The Morgan fingerprint density at radius 3 is 2.80 bits per heavy atom. The van der Waals surface area contributed by atoms with E-state index in [4.69, 9.17) is 0 Å². The first-order valence-electron chi connectivity index (χ1n) is 3.59. The molecule has 1 fully saturated rings. The number of aromatic amines is 1. The van der Waals surface area contributed by atoms with Crippen LogP contribution >= 0.6 is 0 Å². The van der Waals surface area contributed by atoms with Crippen molar-refractivity contribution in [2.24, 2.45) is 0 Å². The van der Waals surface area contributed by atoms with Crippen molar-refractivity contribution in [3.8, 4) is 0 Å². The summed E-state index contributed by atoms with van der Waals surface area (Å²) in [5.41, 5.74) is 2.36. The van der Waals surface area contributed by atoms with Crippen LogP contribution in [0.3, 0.4) is 0 Å². The van der Waals surface area contributed by atoms with E-state index in [9.17, 15) is 0 Å². The van der Waals surface area contributed by atoms with Gasteiger partial charge in [-0.05, 0) is 13.0 Å². The Morgan fingerprint density at radius 2 is 2.40 bits per heavy atom. The van der Waals surface area contributed by atoms with Gasteiger partial charge < -0.3 is 5.32 Å². The molecule has 1 aromatic heterocycles. The predicted octanol–water partition coefficient (Wildman–Crippen LogP) is 0.405. The maximum Gasteiger partial charge on any atom is 0.0681 e. The molecule has 0 saturated carbocycles. The minimum Gasteiger partial charge on any atom is -0.315 e. The highest BCUT2D eigenvalue weighted by Gasteiger charge is 2.20. The van der Waals surface area contributed by atoms with Crippen molar-refractivity contribution in [2.75, 3.05) is 13.1 Å². The number of aryl methyl sites for hydroxylation is 1. The van der Waals surface area contributed by atoms with E-state index >= 15 is 0 Å². The second kappa shape index (κ2) is 2.09. The molecule has 0 spiro atoms. The third-order valence-corrected chi connectivity index (χ3v) is 1.93. The zero-order valence-electron chi connectivity index (χ0n) is 6.02. The van der Waals surface area contributed by atoms with Gasteiger partial charge in [0.25, 0.3) is 0 Å². The van der Waals surface area contributed by atoms with Gasteiger partial charge in [-0.2, -0.15) is 5.10 Å². The first kappa shape index (κ1) is 5.92. The van der Waals surface area contributed by atoms with Crippen LogP contribution in [0.5, 0.6) is 0 Å². The molecule has 3 nitrogen and oxygen atoms in total. The smallest absolute Gasteiger partial charge is 0.0681 e. The van der Waals surface area contributed by atoms with Crippen molar-refractivity contribution < 1.29 is 0 Å². The zero-order valence-corrected chi connectivity index (χ0v) is 6.02. The minimum atomic E-state index is 0.657. The Morgan fingerprint density at radius 1 is 1.60 bits per heavy atom. The minimum absolute atomic E-state index is 0.657. The molecule has 0 aliphatic carbocycles. The molecule has 0 aromatic carbocycles. The van der Waals surface area contributed by atoms with Crippen molar-refractivity contribution in [3.63, 3.8) is 0 Å². The molecule has 2 rings (SSSR count). The third kappa shape index (κ3) is 0.827. The summed E-state index contributed by atoms with van der Waals surface area (Å²) in [6.45, 7) is 4.21. The standard InChI is InChI=1S/C7H11N3/c1-5-2-7(10-9-5)6-3-8-4-6/h2,6,8H,3-4H2,1H3,(H,9,10). The lowest BCUT2D eigenvalue weighted by molar-refractivity contribution is 0.439. The van der Waals surface area contributed by atoms with Gasteiger partial charge in [-0.3, -0.25) is 5.10 Å². The molecule has 3 heteroatoms. The van der Waals surface area contributed by atoms with Crippen LogP contribution in [0.25, 0.3) is 0 Å². The molecule has 1 aliphatic heterocycles. The molecule has 2 N–H and O–H groups in total. The van der Waals surface area contributed by atoms with Crippen LogP contribution in [0.4, 0.5) is 0 Å². The fraction of sp³-hybridized carbons (Fsp3) is 0.571. The molecule has 2 heterocycles. The largest absolute Gasteiger partial charge is 0.315 e. The first-order valence-corrected chi connectivity index (χ1v) is 3.59. The average Bonchev–Trinajstić information content (AvgIpc) is 2.10. The van der Waals surface area contributed by atoms with Crippen LogP contribution in [0.15, 0.2) is 6.07 Å². The van der Waals surface area contributed by atoms with Crippen molar-refractivity contribution in [3.05, 3.63) is 17.5 Å². The van der Waals surface area contributed by atoms with E-state index in [0.29, 0.717) is 5.92 Å². The van der Waals surface area contributed by atoms with E-state index in [1.165, 1.54) is 5.69 Å². The number of hydrogen-bond donors (Lipinski definition) is 2. The number of rotatable bonds is 1. The number of nitrogens with zero attached hydrogens (tertiary/aromatic N) is 1. The summed E-state index contributed by atoms with van der Waals surface area (Å²) < 4.78 is 0. The summed E-state index contributed by atoms with van der Waals surface area (Å²) in [7, 11) is 0. The Balaban J connectivity index is 2.17. The molecule has 10 heavy (non-hydrogen) atoms. The van der Waals surface area contributed by atoms with Gasteiger partial charge in [0.05, 0.1) is 5.69 Å². The molecule has 1 aliphatic rings. The van der Waals surface area contributed by atoms with Gasteiger partial charge in [-0.25, -0.2) is 0 Å². The van der Waals surface area contributed by atoms with Crippen LogP contribution < -0.4 is 5.32 Å². The average molecular weight is 137 g/mol. The molecule has 1 saturated heterocycles. The van der Waals surface area contributed by atoms with Crippen LogP contribution in [-0.2, 0) is 0 Å².